The van der Waals surface area contributed by atoms with Crippen LogP contribution in [0.25, 0.3) is 0 Å². The molecule has 0 aliphatic carbocycles. The molecule has 0 aromatic heterocycles. The van der Waals surface area contributed by atoms with Gasteiger partial charge in [-0.2, -0.15) is 11.8 Å². The van der Waals surface area contributed by atoms with E-state index >= 15 is 0 Å². The Bertz CT molecular complexity index is 139. The summed E-state index contributed by atoms with van der Waals surface area (Å²) in [5.41, 5.74) is 0. The average Bonchev–Trinajstić information content (AvgIpc) is 2.28. The Morgan fingerprint density at radius 2 is 1.88 bits per heavy atom. The summed E-state index contributed by atoms with van der Waals surface area (Å²) >= 11 is 2.09. The molecule has 0 spiro atoms. The Morgan fingerprint density at radius 1 is 1.12 bits per heavy atom. The first-order chi connectivity index (χ1) is 7.70. The van der Waals surface area contributed by atoms with E-state index in [2.05, 4.69) is 44.8 Å². The summed E-state index contributed by atoms with van der Waals surface area (Å²) in [5, 5.41) is 3.61. The molecule has 1 nitrogen and oxygen atoms in total. The van der Waals surface area contributed by atoms with Gasteiger partial charge in [0, 0.05) is 18.3 Å². The number of rotatable bonds is 11. The lowest BCUT2D eigenvalue weighted by Gasteiger charge is -2.14. The molecular formula is C14H31NS. The molecule has 0 aliphatic heterocycles. The van der Waals surface area contributed by atoms with Crippen molar-refractivity contribution < 1.29 is 0 Å². The molecule has 0 saturated heterocycles. The first-order valence-corrected chi connectivity index (χ1v) is 8.17. The Kier molecular flexibility index (Phi) is 12.0. The van der Waals surface area contributed by atoms with E-state index in [-0.39, 0.29) is 0 Å². The molecule has 2 unspecified atom stereocenters. The number of thioether (sulfide) groups is 1. The molecular weight excluding hydrogens is 214 g/mol. The Labute approximate surface area is 107 Å². The maximum Gasteiger partial charge on any atom is 0.00582 e. The number of hydrogen-bond acceptors (Lipinski definition) is 2. The Hall–Kier alpha value is 0.310. The molecule has 1 N–H and O–H groups in total. The first-order valence-electron chi connectivity index (χ1n) is 7.01. The van der Waals surface area contributed by atoms with Crippen molar-refractivity contribution in [3.8, 4) is 0 Å². The van der Waals surface area contributed by atoms with Gasteiger partial charge in [0.25, 0.3) is 0 Å². The minimum atomic E-state index is 0.704. The van der Waals surface area contributed by atoms with E-state index in [0.717, 1.165) is 5.92 Å². The quantitative estimate of drug-likeness (QED) is 0.544. The average molecular weight is 245 g/mol. The van der Waals surface area contributed by atoms with Crippen LogP contribution in [0.5, 0.6) is 0 Å². The Morgan fingerprint density at radius 3 is 2.50 bits per heavy atom. The van der Waals surface area contributed by atoms with E-state index in [1.54, 1.807) is 0 Å². The summed E-state index contributed by atoms with van der Waals surface area (Å²) in [6, 6.07) is 0.704. The molecule has 2 atom stereocenters. The molecule has 16 heavy (non-hydrogen) atoms. The molecule has 0 saturated carbocycles. The first kappa shape index (κ1) is 16.3. The molecule has 0 amide bonds. The van der Waals surface area contributed by atoms with Gasteiger partial charge in [0.05, 0.1) is 0 Å². The van der Waals surface area contributed by atoms with Crippen LogP contribution in [0.4, 0.5) is 0 Å². The lowest BCUT2D eigenvalue weighted by atomic mass is 10.1. The molecule has 0 fully saturated rings. The lowest BCUT2D eigenvalue weighted by Crippen LogP contribution is -2.28. The fourth-order valence-electron chi connectivity index (χ4n) is 1.58. The van der Waals surface area contributed by atoms with Crippen molar-refractivity contribution in [2.24, 2.45) is 5.92 Å². The molecule has 0 radical (unpaired) electrons. The number of hydrogen-bond donors (Lipinski definition) is 1. The molecule has 0 rings (SSSR count). The normalized spacial score (nSPS) is 15.0. The largest absolute Gasteiger partial charge is 0.313 e. The van der Waals surface area contributed by atoms with Gasteiger partial charge in [-0.05, 0) is 25.0 Å². The SMILES string of the molecule is CCCCCC(C)NCCSCC(C)CC. The van der Waals surface area contributed by atoms with Crippen LogP contribution < -0.4 is 5.32 Å². The summed E-state index contributed by atoms with van der Waals surface area (Å²) in [7, 11) is 0. The zero-order chi connectivity index (χ0) is 12.2. The molecule has 2 heteroatoms. The monoisotopic (exact) mass is 245 g/mol. The molecule has 0 bridgehead atoms. The summed E-state index contributed by atoms with van der Waals surface area (Å²) in [4.78, 5) is 0. The third-order valence-corrected chi connectivity index (χ3v) is 4.38. The molecule has 98 valence electrons. The Balaban J connectivity index is 3.17. The van der Waals surface area contributed by atoms with Crippen LogP contribution in [0.1, 0.15) is 59.8 Å². The second kappa shape index (κ2) is 11.8. The minimum Gasteiger partial charge on any atom is -0.313 e. The van der Waals surface area contributed by atoms with Crippen molar-refractivity contribution in [1.82, 2.24) is 5.32 Å². The van der Waals surface area contributed by atoms with Crippen molar-refractivity contribution in [1.29, 1.82) is 0 Å². The van der Waals surface area contributed by atoms with Crippen LogP contribution in [-0.4, -0.2) is 24.1 Å². The summed E-state index contributed by atoms with van der Waals surface area (Å²) in [6.45, 7) is 10.4. The van der Waals surface area contributed by atoms with Crippen molar-refractivity contribution in [3.05, 3.63) is 0 Å². The van der Waals surface area contributed by atoms with E-state index in [0.29, 0.717) is 6.04 Å². The van der Waals surface area contributed by atoms with Crippen LogP contribution in [0.3, 0.4) is 0 Å². The van der Waals surface area contributed by atoms with Crippen molar-refractivity contribution in [2.75, 3.05) is 18.1 Å². The number of unbranched alkanes of at least 4 members (excludes halogenated alkanes) is 2. The molecule has 0 aromatic carbocycles. The summed E-state index contributed by atoms with van der Waals surface area (Å²) in [5.74, 6) is 3.47. The zero-order valence-electron chi connectivity index (χ0n) is 11.7. The molecule has 0 heterocycles. The minimum absolute atomic E-state index is 0.704. The predicted molar refractivity (Wildman–Crippen MR) is 78.4 cm³/mol. The highest BCUT2D eigenvalue weighted by molar-refractivity contribution is 7.99. The highest BCUT2D eigenvalue weighted by Crippen LogP contribution is 2.10. The third kappa shape index (κ3) is 10.8. The van der Waals surface area contributed by atoms with Gasteiger partial charge >= 0.3 is 0 Å². The van der Waals surface area contributed by atoms with Crippen LogP contribution in [0.2, 0.25) is 0 Å². The van der Waals surface area contributed by atoms with E-state index in [1.807, 2.05) is 0 Å². The lowest BCUT2D eigenvalue weighted by molar-refractivity contribution is 0.501. The predicted octanol–water partition coefficient (Wildman–Crippen LogP) is 4.32. The second-order valence-corrected chi connectivity index (χ2v) is 6.09. The van der Waals surface area contributed by atoms with E-state index < -0.39 is 0 Å². The van der Waals surface area contributed by atoms with Crippen molar-refractivity contribution in [3.63, 3.8) is 0 Å². The van der Waals surface area contributed by atoms with Crippen molar-refractivity contribution >= 4 is 11.8 Å². The third-order valence-electron chi connectivity index (χ3n) is 3.08. The second-order valence-electron chi connectivity index (χ2n) is 4.94. The van der Waals surface area contributed by atoms with Crippen LogP contribution in [0, 0.1) is 5.92 Å². The summed E-state index contributed by atoms with van der Waals surface area (Å²) in [6.07, 6.45) is 6.74. The van der Waals surface area contributed by atoms with Gasteiger partial charge in [-0.1, -0.05) is 46.5 Å². The van der Waals surface area contributed by atoms with Gasteiger partial charge in [0.1, 0.15) is 0 Å². The molecule has 0 aromatic rings. The summed E-state index contributed by atoms with van der Waals surface area (Å²) < 4.78 is 0. The van der Waals surface area contributed by atoms with Crippen LogP contribution >= 0.6 is 11.8 Å². The van der Waals surface area contributed by atoms with Gasteiger partial charge in [0.2, 0.25) is 0 Å². The molecule has 0 aliphatic rings. The fraction of sp³-hybridized carbons (Fsp3) is 1.00. The van der Waals surface area contributed by atoms with Crippen LogP contribution in [0.15, 0.2) is 0 Å². The smallest absolute Gasteiger partial charge is 0.00582 e. The highest BCUT2D eigenvalue weighted by Gasteiger charge is 2.01. The van der Waals surface area contributed by atoms with Crippen molar-refractivity contribution in [2.45, 2.75) is 65.8 Å². The van der Waals surface area contributed by atoms with Gasteiger partial charge in [0.15, 0.2) is 0 Å². The van der Waals surface area contributed by atoms with Gasteiger partial charge in [-0.15, -0.1) is 0 Å². The van der Waals surface area contributed by atoms with Gasteiger partial charge in [-0.3, -0.25) is 0 Å². The zero-order valence-corrected chi connectivity index (χ0v) is 12.5. The number of nitrogens with one attached hydrogen (secondary N) is 1. The van der Waals surface area contributed by atoms with E-state index in [1.165, 1.54) is 50.2 Å². The van der Waals surface area contributed by atoms with Crippen LogP contribution in [-0.2, 0) is 0 Å². The maximum atomic E-state index is 3.61. The standard InChI is InChI=1S/C14H31NS/c1-5-7-8-9-14(4)15-10-11-16-12-13(3)6-2/h13-15H,5-12H2,1-4H3. The van der Waals surface area contributed by atoms with Gasteiger partial charge in [-0.25, -0.2) is 0 Å². The van der Waals surface area contributed by atoms with Gasteiger partial charge < -0.3 is 5.32 Å². The fourth-order valence-corrected chi connectivity index (χ4v) is 2.65. The highest BCUT2D eigenvalue weighted by atomic mass is 32.2. The maximum absolute atomic E-state index is 3.61. The van der Waals surface area contributed by atoms with E-state index in [4.69, 9.17) is 0 Å². The topological polar surface area (TPSA) is 12.0 Å². The van der Waals surface area contributed by atoms with E-state index in [9.17, 15) is 0 Å².